The van der Waals surface area contributed by atoms with E-state index in [1.165, 1.54) is 32.4 Å². The molecular weight excluding hydrogens is 329 g/mol. The molecule has 0 radical (unpaired) electrons. The zero-order valence-corrected chi connectivity index (χ0v) is 13.3. The highest BCUT2D eigenvalue weighted by molar-refractivity contribution is 5.90. The first-order chi connectivity index (χ1) is 11.3. The number of anilines is 1. The van der Waals surface area contributed by atoms with E-state index < -0.39 is 29.6 Å². The van der Waals surface area contributed by atoms with Crippen LogP contribution in [0.1, 0.15) is 12.0 Å². The van der Waals surface area contributed by atoms with Gasteiger partial charge >= 0.3 is 12.2 Å². The van der Waals surface area contributed by atoms with Crippen molar-refractivity contribution in [3.63, 3.8) is 0 Å². The first-order valence-corrected chi connectivity index (χ1v) is 7.24. The number of carbonyl (C=O) groups is 1. The van der Waals surface area contributed by atoms with Crippen molar-refractivity contribution in [2.45, 2.75) is 24.4 Å². The van der Waals surface area contributed by atoms with Crippen LogP contribution < -0.4 is 10.6 Å². The lowest BCUT2D eigenvalue weighted by Gasteiger charge is -2.41. The third-order valence-electron chi connectivity index (χ3n) is 3.89. The molecule has 0 saturated carbocycles. The Hall–Kier alpha value is -1.84. The summed E-state index contributed by atoms with van der Waals surface area (Å²) in [5.74, 6) is -1.08. The number of ether oxygens (including phenoxy) is 3. The summed E-state index contributed by atoms with van der Waals surface area (Å²) in [6.45, 7) is 0.508. The molecule has 2 amide bonds. The van der Waals surface area contributed by atoms with Crippen molar-refractivity contribution < 1.29 is 32.2 Å². The van der Waals surface area contributed by atoms with Gasteiger partial charge in [-0.05, 0) is 12.1 Å². The fourth-order valence-electron chi connectivity index (χ4n) is 2.60. The summed E-state index contributed by atoms with van der Waals surface area (Å²) >= 11 is 0. The molecule has 0 aromatic heterocycles. The van der Waals surface area contributed by atoms with Gasteiger partial charge in [0.25, 0.3) is 0 Å². The molecule has 1 atom stereocenters. The second kappa shape index (κ2) is 7.37. The number of methoxy groups -OCH3 is 2. The molecule has 6 nitrogen and oxygen atoms in total. The minimum absolute atomic E-state index is 0.121. The van der Waals surface area contributed by atoms with Crippen LogP contribution in [0.25, 0.3) is 0 Å². The van der Waals surface area contributed by atoms with E-state index in [0.29, 0.717) is 13.0 Å². The molecule has 0 aliphatic carbocycles. The van der Waals surface area contributed by atoms with Crippen molar-refractivity contribution in [3.05, 3.63) is 29.8 Å². The molecule has 1 aliphatic heterocycles. The molecule has 0 bridgehead atoms. The number of carbonyl (C=O) groups excluding carboxylic acids is 1. The van der Waals surface area contributed by atoms with Crippen LogP contribution in [0.4, 0.5) is 23.7 Å². The van der Waals surface area contributed by atoms with Crippen molar-refractivity contribution in [3.8, 4) is 0 Å². The van der Waals surface area contributed by atoms with Crippen molar-refractivity contribution >= 4 is 11.7 Å². The summed E-state index contributed by atoms with van der Waals surface area (Å²) < 4.78 is 54.9. The lowest BCUT2D eigenvalue weighted by molar-refractivity contribution is -0.256. The molecular formula is C15H19F3N2O4. The fourth-order valence-corrected chi connectivity index (χ4v) is 2.60. The van der Waals surface area contributed by atoms with Gasteiger partial charge in [-0.2, -0.15) is 13.2 Å². The number of halogens is 3. The lowest BCUT2D eigenvalue weighted by Crippen LogP contribution is -2.60. The van der Waals surface area contributed by atoms with Gasteiger partial charge in [-0.15, -0.1) is 0 Å². The Labute approximate surface area is 137 Å². The summed E-state index contributed by atoms with van der Waals surface area (Å²) in [5.41, 5.74) is -1.26. The van der Waals surface area contributed by atoms with E-state index >= 15 is 0 Å². The van der Waals surface area contributed by atoms with Crippen LogP contribution in [0, 0.1) is 0 Å². The Bertz CT molecular complexity index is 576. The van der Waals surface area contributed by atoms with Gasteiger partial charge in [0.1, 0.15) is 6.04 Å². The first kappa shape index (κ1) is 18.5. The smallest absolute Gasteiger partial charge is 0.379 e. The predicted octanol–water partition coefficient (Wildman–Crippen LogP) is 2.60. The Balaban J connectivity index is 2.11. The molecule has 1 aromatic carbocycles. The molecule has 1 unspecified atom stereocenters. The second-order valence-electron chi connectivity index (χ2n) is 5.24. The van der Waals surface area contributed by atoms with Gasteiger partial charge in [-0.25, -0.2) is 4.79 Å². The number of benzene rings is 1. The molecule has 1 aliphatic rings. The number of amides is 2. The van der Waals surface area contributed by atoms with E-state index in [2.05, 4.69) is 10.6 Å². The van der Waals surface area contributed by atoms with Gasteiger partial charge in [0, 0.05) is 20.6 Å². The molecule has 1 aromatic rings. The minimum atomic E-state index is -4.57. The summed E-state index contributed by atoms with van der Waals surface area (Å²) in [5, 5.41) is 4.76. The predicted molar refractivity (Wildman–Crippen MR) is 79.6 cm³/mol. The zero-order valence-electron chi connectivity index (χ0n) is 13.3. The van der Waals surface area contributed by atoms with Crippen LogP contribution in [-0.4, -0.2) is 45.3 Å². The highest BCUT2D eigenvalue weighted by atomic mass is 19.4. The minimum Gasteiger partial charge on any atom is -0.379 e. The zero-order chi connectivity index (χ0) is 17.8. The van der Waals surface area contributed by atoms with Gasteiger partial charge in [-0.3, -0.25) is 0 Å². The normalized spacial score (nSPS) is 20.5. The monoisotopic (exact) mass is 348 g/mol. The highest BCUT2D eigenvalue weighted by Crippen LogP contribution is 2.34. The van der Waals surface area contributed by atoms with E-state index in [1.54, 1.807) is 0 Å². The van der Waals surface area contributed by atoms with Gasteiger partial charge in [0.15, 0.2) is 5.79 Å². The van der Waals surface area contributed by atoms with Gasteiger partial charge < -0.3 is 24.8 Å². The molecule has 1 fully saturated rings. The van der Waals surface area contributed by atoms with Gasteiger partial charge in [0.2, 0.25) is 0 Å². The summed E-state index contributed by atoms with van der Waals surface area (Å²) in [6, 6.07) is 3.26. The van der Waals surface area contributed by atoms with Crippen LogP contribution in [0.5, 0.6) is 0 Å². The number of urea groups is 1. The number of rotatable bonds is 4. The summed E-state index contributed by atoms with van der Waals surface area (Å²) in [7, 11) is 2.86. The average Bonchev–Trinajstić information content (AvgIpc) is 2.55. The van der Waals surface area contributed by atoms with Crippen molar-refractivity contribution in [1.82, 2.24) is 5.32 Å². The van der Waals surface area contributed by atoms with Crippen LogP contribution in [-0.2, 0) is 20.4 Å². The molecule has 134 valence electrons. The molecule has 24 heavy (non-hydrogen) atoms. The van der Waals surface area contributed by atoms with Gasteiger partial charge in [0.05, 0.1) is 24.5 Å². The Morgan fingerprint density at radius 2 is 1.96 bits per heavy atom. The number of para-hydroxylation sites is 1. The largest absolute Gasteiger partial charge is 0.418 e. The van der Waals surface area contributed by atoms with Crippen LogP contribution in [0.2, 0.25) is 0 Å². The summed E-state index contributed by atoms with van der Waals surface area (Å²) in [4.78, 5) is 12.1. The maximum absolute atomic E-state index is 13.0. The number of nitrogens with one attached hydrogen (secondary N) is 2. The van der Waals surface area contributed by atoms with Crippen LogP contribution in [0.15, 0.2) is 24.3 Å². The lowest BCUT2D eigenvalue weighted by atomic mass is 10.0. The van der Waals surface area contributed by atoms with Crippen molar-refractivity contribution in [2.24, 2.45) is 0 Å². The quantitative estimate of drug-likeness (QED) is 0.821. The average molecular weight is 348 g/mol. The van der Waals surface area contributed by atoms with E-state index in [4.69, 9.17) is 14.2 Å². The molecule has 2 N–H and O–H groups in total. The molecule has 1 heterocycles. The van der Waals surface area contributed by atoms with Crippen LogP contribution in [0.3, 0.4) is 0 Å². The fraction of sp³-hybridized carbons (Fsp3) is 0.533. The van der Waals surface area contributed by atoms with Crippen molar-refractivity contribution in [2.75, 3.05) is 32.8 Å². The van der Waals surface area contributed by atoms with Gasteiger partial charge in [-0.1, -0.05) is 12.1 Å². The summed E-state index contributed by atoms with van der Waals surface area (Å²) in [6.07, 6.45) is -4.19. The van der Waals surface area contributed by atoms with E-state index in [-0.39, 0.29) is 12.3 Å². The standard InChI is InChI=1S/C15H19F3N2O4/c1-22-14(23-2)7-8-24-9-12(14)20-13(21)19-11-6-4-3-5-10(11)15(16,17)18/h3-6,12H,7-9H2,1-2H3,(H2,19,20,21). The second-order valence-corrected chi connectivity index (χ2v) is 5.24. The molecule has 2 rings (SSSR count). The van der Waals surface area contributed by atoms with Crippen LogP contribution >= 0.6 is 0 Å². The first-order valence-electron chi connectivity index (χ1n) is 7.24. The number of hydrogen-bond donors (Lipinski definition) is 2. The molecule has 9 heteroatoms. The third-order valence-corrected chi connectivity index (χ3v) is 3.89. The number of hydrogen-bond acceptors (Lipinski definition) is 4. The Kier molecular flexibility index (Phi) is 5.68. The van der Waals surface area contributed by atoms with Crippen molar-refractivity contribution in [1.29, 1.82) is 0 Å². The van der Waals surface area contributed by atoms with E-state index in [1.807, 2.05) is 0 Å². The maximum Gasteiger partial charge on any atom is 0.418 e. The van der Waals surface area contributed by atoms with E-state index in [9.17, 15) is 18.0 Å². The Morgan fingerprint density at radius 3 is 2.58 bits per heavy atom. The highest BCUT2D eigenvalue weighted by Gasteiger charge is 2.43. The molecule has 0 spiro atoms. The topological polar surface area (TPSA) is 68.8 Å². The number of alkyl halides is 3. The maximum atomic E-state index is 13.0. The SMILES string of the molecule is COC1(OC)CCOCC1NC(=O)Nc1ccccc1C(F)(F)F. The third kappa shape index (κ3) is 3.97. The molecule has 1 saturated heterocycles. The Morgan fingerprint density at radius 1 is 1.29 bits per heavy atom. The van der Waals surface area contributed by atoms with E-state index in [0.717, 1.165) is 6.07 Å².